The van der Waals surface area contributed by atoms with Gasteiger partial charge in [0.2, 0.25) is 5.91 Å². The first-order chi connectivity index (χ1) is 15.9. The minimum Gasteiger partial charge on any atom is -0.495 e. The molecule has 1 N–H and O–H groups in total. The highest BCUT2D eigenvalue weighted by Gasteiger charge is 2.37. The van der Waals surface area contributed by atoms with E-state index in [0.717, 1.165) is 30.2 Å². The second-order valence-corrected chi connectivity index (χ2v) is 10.1. The first kappa shape index (κ1) is 26.6. The van der Waals surface area contributed by atoms with E-state index >= 15 is 0 Å². The van der Waals surface area contributed by atoms with Crippen molar-refractivity contribution in [3.8, 4) is 11.5 Å². The summed E-state index contributed by atoms with van der Waals surface area (Å²) in [5.41, 5.74) is -0.635. The Bertz CT molecular complexity index is 1200. The van der Waals surface area contributed by atoms with Crippen LogP contribution in [0.15, 0.2) is 35.2 Å². The Labute approximate surface area is 223 Å². The van der Waals surface area contributed by atoms with Gasteiger partial charge in [-0.15, -0.1) is 0 Å². The van der Waals surface area contributed by atoms with Crippen LogP contribution in [0.4, 0.5) is 23.7 Å². The van der Waals surface area contributed by atoms with Crippen LogP contribution in [0.5, 0.6) is 11.5 Å². The van der Waals surface area contributed by atoms with E-state index in [4.69, 9.17) is 9.47 Å². The number of benzene rings is 2. The molecule has 0 bridgehead atoms. The Kier molecular flexibility index (Phi) is 8.38. The summed E-state index contributed by atoms with van der Waals surface area (Å²) in [4.78, 5) is 38.5. The lowest BCUT2D eigenvalue weighted by Gasteiger charge is -2.16. The highest BCUT2D eigenvalue weighted by Crippen LogP contribution is 2.37. The number of rotatable bonds is 6. The molecular formula is C21H15F3I2N2O5S. The molecule has 0 spiro atoms. The summed E-state index contributed by atoms with van der Waals surface area (Å²) in [5, 5.41) is 1.60. The van der Waals surface area contributed by atoms with E-state index < -0.39 is 35.3 Å². The van der Waals surface area contributed by atoms with Crippen molar-refractivity contribution >= 4 is 85.8 Å². The number of hydrogen-bond acceptors (Lipinski definition) is 6. The Morgan fingerprint density at radius 2 is 1.85 bits per heavy atom. The topological polar surface area (TPSA) is 84.9 Å². The van der Waals surface area contributed by atoms with Crippen LogP contribution in [0.3, 0.4) is 0 Å². The molecule has 0 aromatic heterocycles. The number of anilines is 1. The number of nitrogens with zero attached hydrogens (tertiary/aromatic N) is 1. The van der Waals surface area contributed by atoms with Gasteiger partial charge in [-0.2, -0.15) is 13.2 Å². The fourth-order valence-electron chi connectivity index (χ4n) is 3.00. The number of nitrogens with one attached hydrogen (secondary N) is 1. The van der Waals surface area contributed by atoms with E-state index in [1.807, 2.05) is 6.07 Å². The maximum Gasteiger partial charge on any atom is 0.416 e. The lowest BCUT2D eigenvalue weighted by atomic mass is 10.1. The van der Waals surface area contributed by atoms with Gasteiger partial charge in [0.1, 0.15) is 18.0 Å². The lowest BCUT2D eigenvalue weighted by molar-refractivity contribution is -0.137. The number of ether oxygens (including phenoxy) is 2. The third kappa shape index (κ3) is 5.97. The first-order valence-corrected chi connectivity index (χ1v) is 12.3. The van der Waals surface area contributed by atoms with Gasteiger partial charge in [-0.1, -0.05) is 0 Å². The van der Waals surface area contributed by atoms with E-state index in [9.17, 15) is 27.6 Å². The normalized spacial score (nSPS) is 15.1. The molecule has 0 radical (unpaired) electrons. The summed E-state index contributed by atoms with van der Waals surface area (Å²) < 4.78 is 51.2. The molecule has 0 atom stereocenters. The standard InChI is InChI=1S/C21H15F3I2N2O5S/c1-32-15-4-3-11(21(22,23)24)7-14(15)27-17(29)9-28-19(30)16(34-20(28)31)6-10-5-12(25)8-13(26)18(10)33-2/h3-8H,9H2,1-2H3,(H,27,29)/b16-6-. The average molecular weight is 718 g/mol. The van der Waals surface area contributed by atoms with E-state index in [2.05, 4.69) is 50.5 Å². The van der Waals surface area contributed by atoms with Crippen molar-refractivity contribution in [2.45, 2.75) is 6.18 Å². The smallest absolute Gasteiger partial charge is 0.416 e. The zero-order valence-electron chi connectivity index (χ0n) is 17.5. The minimum absolute atomic E-state index is 0.00392. The van der Waals surface area contributed by atoms with Crippen molar-refractivity contribution in [3.05, 3.63) is 53.5 Å². The summed E-state index contributed by atoms with van der Waals surface area (Å²) in [6, 6.07) is 6.26. The summed E-state index contributed by atoms with van der Waals surface area (Å²) in [7, 11) is 2.72. The maximum absolute atomic E-state index is 13.0. The summed E-state index contributed by atoms with van der Waals surface area (Å²) in [6.45, 7) is -0.678. The molecule has 7 nitrogen and oxygen atoms in total. The van der Waals surface area contributed by atoms with Gasteiger partial charge in [-0.3, -0.25) is 19.3 Å². The summed E-state index contributed by atoms with van der Waals surface area (Å²) in [6.07, 6.45) is -3.13. The number of hydrogen-bond donors (Lipinski definition) is 1. The predicted octanol–water partition coefficient (Wildman–Crippen LogP) is 5.61. The predicted molar refractivity (Wildman–Crippen MR) is 138 cm³/mol. The largest absolute Gasteiger partial charge is 0.495 e. The van der Waals surface area contributed by atoms with Crippen molar-refractivity contribution in [1.29, 1.82) is 0 Å². The molecule has 3 rings (SSSR count). The van der Waals surface area contributed by atoms with Crippen LogP contribution in [0.25, 0.3) is 6.08 Å². The van der Waals surface area contributed by atoms with E-state index in [1.54, 1.807) is 6.07 Å². The van der Waals surface area contributed by atoms with E-state index in [0.29, 0.717) is 23.1 Å². The zero-order chi connectivity index (χ0) is 25.2. The molecule has 34 heavy (non-hydrogen) atoms. The number of thioether (sulfide) groups is 1. The Morgan fingerprint density at radius 1 is 1.15 bits per heavy atom. The Balaban J connectivity index is 1.81. The Morgan fingerprint density at radius 3 is 2.47 bits per heavy atom. The SMILES string of the molecule is COc1ccc(C(F)(F)F)cc1NC(=O)CN1C(=O)S/C(=C\c2cc(I)cc(I)c2OC)C1=O. The van der Waals surface area contributed by atoms with Crippen molar-refractivity contribution in [2.24, 2.45) is 0 Å². The minimum atomic E-state index is -4.63. The van der Waals surface area contributed by atoms with Crippen LogP contribution >= 0.6 is 56.9 Å². The lowest BCUT2D eigenvalue weighted by Crippen LogP contribution is -2.36. The van der Waals surface area contributed by atoms with Crippen LogP contribution in [0.1, 0.15) is 11.1 Å². The number of alkyl halides is 3. The summed E-state index contributed by atoms with van der Waals surface area (Å²) in [5.74, 6) is -1.03. The van der Waals surface area contributed by atoms with E-state index in [1.165, 1.54) is 20.3 Å². The van der Waals surface area contributed by atoms with Gasteiger partial charge in [0, 0.05) is 9.13 Å². The molecule has 2 aromatic carbocycles. The van der Waals surface area contributed by atoms with Crippen LogP contribution in [0.2, 0.25) is 0 Å². The third-order valence-electron chi connectivity index (χ3n) is 4.50. The van der Waals surface area contributed by atoms with Gasteiger partial charge < -0.3 is 14.8 Å². The number of carbonyl (C=O) groups is 3. The fraction of sp³-hybridized carbons (Fsp3) is 0.190. The number of carbonyl (C=O) groups excluding carboxylic acids is 3. The van der Waals surface area contributed by atoms with Crippen molar-refractivity contribution in [3.63, 3.8) is 0 Å². The number of methoxy groups -OCH3 is 2. The molecule has 0 unspecified atom stereocenters. The molecule has 1 heterocycles. The quantitative estimate of drug-likeness (QED) is 0.309. The average Bonchev–Trinajstić information content (AvgIpc) is 3.00. The molecule has 1 fully saturated rings. The highest BCUT2D eigenvalue weighted by molar-refractivity contribution is 14.1. The molecular weight excluding hydrogens is 703 g/mol. The highest BCUT2D eigenvalue weighted by atomic mass is 127. The molecule has 180 valence electrons. The van der Waals surface area contributed by atoms with Gasteiger partial charge in [0.05, 0.1) is 33.9 Å². The molecule has 1 aliphatic rings. The summed E-state index contributed by atoms with van der Waals surface area (Å²) >= 11 is 4.85. The first-order valence-electron chi connectivity index (χ1n) is 9.28. The molecule has 2 aromatic rings. The van der Waals surface area contributed by atoms with Gasteiger partial charge in [-0.05, 0) is 93.4 Å². The van der Waals surface area contributed by atoms with Crippen molar-refractivity contribution in [1.82, 2.24) is 4.90 Å². The van der Waals surface area contributed by atoms with Gasteiger partial charge in [0.25, 0.3) is 11.1 Å². The molecule has 1 aliphatic heterocycles. The number of amides is 3. The number of halogens is 5. The van der Waals surface area contributed by atoms with Crippen LogP contribution in [-0.4, -0.2) is 42.7 Å². The second-order valence-electron chi connectivity index (χ2n) is 6.74. The van der Waals surface area contributed by atoms with Crippen molar-refractivity contribution < 1.29 is 37.0 Å². The molecule has 13 heteroatoms. The Hall–Kier alpha value is -2.01. The van der Waals surface area contributed by atoms with Gasteiger partial charge in [0.15, 0.2) is 0 Å². The second kappa shape index (κ2) is 10.7. The fourth-order valence-corrected chi connectivity index (χ4v) is 5.93. The van der Waals surface area contributed by atoms with Crippen molar-refractivity contribution in [2.75, 3.05) is 26.1 Å². The van der Waals surface area contributed by atoms with Gasteiger partial charge >= 0.3 is 6.18 Å². The monoisotopic (exact) mass is 718 g/mol. The van der Waals surface area contributed by atoms with E-state index in [-0.39, 0.29) is 16.3 Å². The maximum atomic E-state index is 13.0. The number of imide groups is 1. The molecule has 1 saturated heterocycles. The third-order valence-corrected chi connectivity index (χ3v) is 6.84. The van der Waals surface area contributed by atoms with Crippen LogP contribution in [0, 0.1) is 7.14 Å². The van der Waals surface area contributed by atoms with Gasteiger partial charge in [-0.25, -0.2) is 0 Å². The molecule has 0 saturated carbocycles. The molecule has 3 amide bonds. The molecule has 0 aliphatic carbocycles. The van der Waals surface area contributed by atoms with Crippen LogP contribution < -0.4 is 14.8 Å². The van der Waals surface area contributed by atoms with Crippen LogP contribution in [-0.2, 0) is 15.8 Å². The zero-order valence-corrected chi connectivity index (χ0v) is 22.6.